The molecule has 0 saturated carbocycles. The minimum Gasteiger partial charge on any atom is -0.207 e. The molecule has 0 atom stereocenters. The molecule has 1 N–H and O–H groups in total. The number of nitrogens with one attached hydrogen (secondary N) is 1. The normalized spacial score (nSPS) is 12.4. The van der Waals surface area contributed by atoms with Gasteiger partial charge >= 0.3 is 0 Å². The molecule has 2 aromatic rings. The monoisotopic (exact) mass is 343 g/mol. The molecular formula is C15H15Cl2NO2S. The van der Waals surface area contributed by atoms with Crippen molar-refractivity contribution in [1.82, 2.24) is 4.72 Å². The van der Waals surface area contributed by atoms with Crippen LogP contribution in [-0.4, -0.2) is 8.42 Å². The predicted molar refractivity (Wildman–Crippen MR) is 86.3 cm³/mol. The Morgan fingerprint density at radius 1 is 1.00 bits per heavy atom. The minimum atomic E-state index is -3.79. The zero-order valence-corrected chi connectivity index (χ0v) is 13.9. The summed E-state index contributed by atoms with van der Waals surface area (Å²) < 4.78 is 27.7. The van der Waals surface area contributed by atoms with Crippen LogP contribution in [0.25, 0.3) is 0 Å². The van der Waals surface area contributed by atoms with Crippen molar-refractivity contribution in [2.45, 2.75) is 24.3 Å². The maximum absolute atomic E-state index is 12.5. The first-order chi connectivity index (χ1) is 9.72. The molecule has 0 radical (unpaired) electrons. The standard InChI is InChI=1S/C15H15Cl2NO2S/c1-15(2,11-6-4-3-5-7-11)18-21(19,20)14-10-12(16)8-9-13(14)17/h3-10,18H,1-2H3. The van der Waals surface area contributed by atoms with Crippen LogP contribution < -0.4 is 4.72 Å². The Labute approximate surface area is 135 Å². The Bertz CT molecular complexity index is 744. The Balaban J connectivity index is 2.40. The van der Waals surface area contributed by atoms with Gasteiger partial charge in [-0.2, -0.15) is 0 Å². The lowest BCUT2D eigenvalue weighted by Gasteiger charge is -2.26. The number of hydrogen-bond donors (Lipinski definition) is 1. The third kappa shape index (κ3) is 3.77. The number of benzene rings is 2. The third-order valence-corrected chi connectivity index (χ3v) is 5.44. The summed E-state index contributed by atoms with van der Waals surface area (Å²) >= 11 is 11.8. The van der Waals surface area contributed by atoms with Crippen molar-refractivity contribution in [2.75, 3.05) is 0 Å². The van der Waals surface area contributed by atoms with Crippen LogP contribution in [-0.2, 0) is 15.6 Å². The summed E-state index contributed by atoms with van der Waals surface area (Å²) in [5.74, 6) is 0. The first-order valence-electron chi connectivity index (χ1n) is 6.27. The number of sulfonamides is 1. The summed E-state index contributed by atoms with van der Waals surface area (Å²) in [6.45, 7) is 3.58. The summed E-state index contributed by atoms with van der Waals surface area (Å²) in [7, 11) is -3.79. The van der Waals surface area contributed by atoms with E-state index in [0.29, 0.717) is 5.02 Å². The van der Waals surface area contributed by atoms with Crippen molar-refractivity contribution >= 4 is 33.2 Å². The number of rotatable bonds is 4. The highest BCUT2D eigenvalue weighted by atomic mass is 35.5. The van der Waals surface area contributed by atoms with Gasteiger partial charge in [-0.15, -0.1) is 0 Å². The SMILES string of the molecule is CC(C)(NS(=O)(=O)c1cc(Cl)ccc1Cl)c1ccccc1. The fraction of sp³-hybridized carbons (Fsp3) is 0.200. The van der Waals surface area contributed by atoms with Crippen LogP contribution in [0.2, 0.25) is 10.0 Å². The highest BCUT2D eigenvalue weighted by Crippen LogP contribution is 2.28. The van der Waals surface area contributed by atoms with E-state index in [4.69, 9.17) is 23.2 Å². The highest BCUT2D eigenvalue weighted by Gasteiger charge is 2.29. The Morgan fingerprint density at radius 3 is 2.24 bits per heavy atom. The summed E-state index contributed by atoms with van der Waals surface area (Å²) in [6.07, 6.45) is 0. The predicted octanol–water partition coefficient (Wildman–Crippen LogP) is 4.21. The molecule has 112 valence electrons. The summed E-state index contributed by atoms with van der Waals surface area (Å²) in [6, 6.07) is 13.7. The van der Waals surface area contributed by atoms with E-state index in [-0.39, 0.29) is 9.92 Å². The summed E-state index contributed by atoms with van der Waals surface area (Å²) in [4.78, 5) is -0.0272. The molecule has 6 heteroatoms. The maximum atomic E-state index is 12.5. The van der Waals surface area contributed by atoms with Gasteiger partial charge in [0.05, 0.1) is 10.6 Å². The average Bonchev–Trinajstić information content (AvgIpc) is 2.41. The second kappa shape index (κ2) is 5.97. The lowest BCUT2D eigenvalue weighted by molar-refractivity contribution is 0.472. The van der Waals surface area contributed by atoms with Crippen LogP contribution >= 0.6 is 23.2 Å². The molecule has 0 fully saturated rings. The van der Waals surface area contributed by atoms with Gasteiger partial charge in [-0.3, -0.25) is 0 Å². The van der Waals surface area contributed by atoms with Gasteiger partial charge in [0, 0.05) is 5.02 Å². The van der Waals surface area contributed by atoms with Crippen LogP contribution in [0.15, 0.2) is 53.4 Å². The molecular weight excluding hydrogens is 329 g/mol. The van der Waals surface area contributed by atoms with Crippen LogP contribution in [0.4, 0.5) is 0 Å². The Morgan fingerprint density at radius 2 is 1.62 bits per heavy atom. The second-order valence-corrected chi connectivity index (χ2v) is 7.67. The van der Waals surface area contributed by atoms with Gasteiger partial charge in [0.2, 0.25) is 10.0 Å². The lowest BCUT2D eigenvalue weighted by atomic mass is 9.96. The molecule has 3 nitrogen and oxygen atoms in total. The largest absolute Gasteiger partial charge is 0.242 e. The van der Waals surface area contributed by atoms with Gasteiger partial charge in [-0.1, -0.05) is 53.5 Å². The number of halogens is 2. The molecule has 21 heavy (non-hydrogen) atoms. The summed E-state index contributed by atoms with van der Waals surface area (Å²) in [5, 5.41) is 0.452. The van der Waals surface area contributed by atoms with Crippen molar-refractivity contribution in [3.8, 4) is 0 Å². The maximum Gasteiger partial charge on any atom is 0.242 e. The van der Waals surface area contributed by atoms with E-state index >= 15 is 0 Å². The van der Waals surface area contributed by atoms with Gasteiger partial charge in [0.25, 0.3) is 0 Å². The zero-order chi connectivity index (χ0) is 15.7. The number of hydrogen-bond acceptors (Lipinski definition) is 2. The van der Waals surface area contributed by atoms with E-state index in [9.17, 15) is 8.42 Å². The molecule has 0 amide bonds. The molecule has 0 saturated heterocycles. The first kappa shape index (κ1) is 16.3. The van der Waals surface area contributed by atoms with Crippen LogP contribution in [0.3, 0.4) is 0 Å². The molecule has 0 aromatic heterocycles. The van der Waals surface area contributed by atoms with Crippen molar-refractivity contribution in [3.63, 3.8) is 0 Å². The molecule has 0 heterocycles. The van der Waals surface area contributed by atoms with E-state index in [0.717, 1.165) is 5.56 Å². The second-order valence-electron chi connectivity index (χ2n) is 5.17. The zero-order valence-electron chi connectivity index (χ0n) is 11.6. The van der Waals surface area contributed by atoms with Crippen molar-refractivity contribution in [3.05, 3.63) is 64.1 Å². The smallest absolute Gasteiger partial charge is 0.207 e. The topological polar surface area (TPSA) is 46.2 Å². The van der Waals surface area contributed by atoms with Crippen molar-refractivity contribution < 1.29 is 8.42 Å². The van der Waals surface area contributed by atoms with E-state index < -0.39 is 15.6 Å². The molecule has 2 rings (SSSR count). The molecule has 0 spiro atoms. The van der Waals surface area contributed by atoms with Gasteiger partial charge in [0.1, 0.15) is 4.90 Å². The molecule has 0 aliphatic carbocycles. The highest BCUT2D eigenvalue weighted by molar-refractivity contribution is 7.89. The quantitative estimate of drug-likeness (QED) is 0.903. The Hall–Kier alpha value is -1.07. The van der Waals surface area contributed by atoms with Crippen LogP contribution in [0.1, 0.15) is 19.4 Å². The molecule has 2 aromatic carbocycles. The van der Waals surface area contributed by atoms with Crippen molar-refractivity contribution in [1.29, 1.82) is 0 Å². The molecule has 0 unspecified atom stereocenters. The lowest BCUT2D eigenvalue weighted by Crippen LogP contribution is -2.40. The van der Waals surface area contributed by atoms with Gasteiger partial charge < -0.3 is 0 Å². The van der Waals surface area contributed by atoms with Gasteiger partial charge in [0.15, 0.2) is 0 Å². The fourth-order valence-electron chi connectivity index (χ4n) is 1.99. The van der Waals surface area contributed by atoms with E-state index in [1.165, 1.54) is 12.1 Å². The van der Waals surface area contributed by atoms with Crippen LogP contribution in [0.5, 0.6) is 0 Å². The summed E-state index contributed by atoms with van der Waals surface area (Å²) in [5.41, 5.74) is 0.0814. The third-order valence-electron chi connectivity index (χ3n) is 3.07. The average molecular weight is 344 g/mol. The Kier molecular flexibility index (Phi) is 4.63. The van der Waals surface area contributed by atoms with Gasteiger partial charge in [-0.05, 0) is 37.6 Å². The van der Waals surface area contributed by atoms with E-state index in [1.54, 1.807) is 19.9 Å². The molecule has 0 aliphatic rings. The van der Waals surface area contributed by atoms with E-state index in [2.05, 4.69) is 4.72 Å². The minimum absolute atomic E-state index is 0.0272. The van der Waals surface area contributed by atoms with E-state index in [1.807, 2.05) is 30.3 Å². The van der Waals surface area contributed by atoms with Gasteiger partial charge in [-0.25, -0.2) is 13.1 Å². The first-order valence-corrected chi connectivity index (χ1v) is 8.51. The van der Waals surface area contributed by atoms with Crippen molar-refractivity contribution in [2.24, 2.45) is 0 Å². The fourth-order valence-corrected chi connectivity index (χ4v) is 4.15. The van der Waals surface area contributed by atoms with Crippen LogP contribution in [0, 0.1) is 0 Å². The molecule has 0 bridgehead atoms. The molecule has 0 aliphatic heterocycles.